The number of amidine groups is 1. The third kappa shape index (κ3) is 4.07. The first-order valence-electron chi connectivity index (χ1n) is 7.22. The number of hydrogen-bond donors (Lipinski definition) is 1. The fourth-order valence-corrected chi connectivity index (χ4v) is 3.15. The van der Waals surface area contributed by atoms with Gasteiger partial charge in [0.25, 0.3) is 11.6 Å². The average molecular weight is 374 g/mol. The lowest BCUT2D eigenvalue weighted by Crippen LogP contribution is -2.19. The molecule has 0 aliphatic carbocycles. The highest BCUT2D eigenvalue weighted by Gasteiger charge is 2.24. The van der Waals surface area contributed by atoms with Gasteiger partial charge in [0, 0.05) is 17.2 Å². The van der Waals surface area contributed by atoms with Gasteiger partial charge >= 0.3 is 0 Å². The number of hydrogen-bond acceptors (Lipinski definition) is 5. The zero-order valence-corrected chi connectivity index (χ0v) is 14.6. The Labute approximate surface area is 152 Å². The van der Waals surface area contributed by atoms with Gasteiger partial charge in [-0.3, -0.25) is 14.9 Å². The molecule has 1 aliphatic rings. The average Bonchev–Trinajstić information content (AvgIpc) is 2.90. The molecule has 0 bridgehead atoms. The van der Waals surface area contributed by atoms with Crippen LogP contribution in [0.1, 0.15) is 11.1 Å². The minimum Gasteiger partial charge on any atom is -0.300 e. The lowest BCUT2D eigenvalue weighted by atomic mass is 10.2. The molecule has 1 amide bonds. The van der Waals surface area contributed by atoms with E-state index < -0.39 is 4.92 Å². The van der Waals surface area contributed by atoms with Gasteiger partial charge in [0.15, 0.2) is 5.17 Å². The monoisotopic (exact) mass is 373 g/mol. The molecule has 1 heterocycles. The molecule has 2 aromatic carbocycles. The van der Waals surface area contributed by atoms with Crippen molar-refractivity contribution in [2.45, 2.75) is 6.92 Å². The molecule has 0 unspecified atom stereocenters. The highest BCUT2D eigenvalue weighted by molar-refractivity contribution is 8.18. The van der Waals surface area contributed by atoms with Gasteiger partial charge < -0.3 is 5.32 Å². The number of carbonyl (C=O) groups excluding carboxylic acids is 1. The van der Waals surface area contributed by atoms with Gasteiger partial charge in [0.05, 0.1) is 15.5 Å². The van der Waals surface area contributed by atoms with Crippen LogP contribution in [0.4, 0.5) is 11.4 Å². The lowest BCUT2D eigenvalue weighted by Gasteiger charge is -2.00. The fraction of sp³-hybridized carbons (Fsp3) is 0.0588. The summed E-state index contributed by atoms with van der Waals surface area (Å²) >= 11 is 7.24. The van der Waals surface area contributed by atoms with Crippen molar-refractivity contribution in [3.05, 3.63) is 73.6 Å². The zero-order valence-electron chi connectivity index (χ0n) is 13.0. The van der Waals surface area contributed by atoms with Crippen LogP contribution in [-0.4, -0.2) is 16.0 Å². The number of nitro benzene ring substituents is 1. The van der Waals surface area contributed by atoms with E-state index >= 15 is 0 Å². The van der Waals surface area contributed by atoms with Crippen molar-refractivity contribution in [3.8, 4) is 0 Å². The van der Waals surface area contributed by atoms with Crippen LogP contribution in [0.15, 0.2) is 52.4 Å². The standard InChI is InChI=1S/C17H12ClN3O3S/c1-10-5-6-12(9-14(10)18)19-17-20-16(22)15(25-17)8-11-3-2-4-13(7-11)21(23)24/h2-9H,1H3,(H,19,20,22)/b15-8-. The lowest BCUT2D eigenvalue weighted by molar-refractivity contribution is -0.384. The second-order valence-electron chi connectivity index (χ2n) is 5.27. The van der Waals surface area contributed by atoms with E-state index in [2.05, 4.69) is 10.3 Å². The molecule has 0 spiro atoms. The Morgan fingerprint density at radius 3 is 2.80 bits per heavy atom. The first-order valence-corrected chi connectivity index (χ1v) is 8.42. The molecule has 2 aromatic rings. The van der Waals surface area contributed by atoms with Crippen molar-refractivity contribution >= 4 is 51.9 Å². The molecular formula is C17H12ClN3O3S. The maximum absolute atomic E-state index is 12.1. The molecule has 6 nitrogen and oxygen atoms in total. The molecule has 0 aromatic heterocycles. The van der Waals surface area contributed by atoms with E-state index in [1.165, 1.54) is 23.9 Å². The van der Waals surface area contributed by atoms with Crippen molar-refractivity contribution in [2.75, 3.05) is 0 Å². The van der Waals surface area contributed by atoms with Crippen molar-refractivity contribution in [1.29, 1.82) is 0 Å². The molecule has 1 saturated heterocycles. The predicted molar refractivity (Wildman–Crippen MR) is 100 cm³/mol. The zero-order chi connectivity index (χ0) is 18.0. The molecule has 1 fully saturated rings. The van der Waals surface area contributed by atoms with Crippen LogP contribution >= 0.6 is 23.4 Å². The van der Waals surface area contributed by atoms with E-state index in [4.69, 9.17) is 11.6 Å². The number of thioether (sulfide) groups is 1. The SMILES string of the molecule is Cc1ccc(N=C2NC(=O)/C(=C/c3cccc([N+](=O)[O-])c3)S2)cc1Cl. The highest BCUT2D eigenvalue weighted by atomic mass is 35.5. The van der Waals surface area contributed by atoms with Crippen molar-refractivity contribution < 1.29 is 9.72 Å². The second kappa shape index (κ2) is 7.08. The van der Waals surface area contributed by atoms with Crippen molar-refractivity contribution in [1.82, 2.24) is 5.32 Å². The summed E-state index contributed by atoms with van der Waals surface area (Å²) < 4.78 is 0. The van der Waals surface area contributed by atoms with Gasteiger partial charge in [-0.15, -0.1) is 0 Å². The number of nitrogens with one attached hydrogen (secondary N) is 1. The number of halogens is 1. The number of rotatable bonds is 3. The van der Waals surface area contributed by atoms with E-state index in [9.17, 15) is 14.9 Å². The molecule has 25 heavy (non-hydrogen) atoms. The predicted octanol–water partition coefficient (Wildman–Crippen LogP) is 4.45. The van der Waals surface area contributed by atoms with Crippen LogP contribution in [0.25, 0.3) is 6.08 Å². The largest absolute Gasteiger partial charge is 0.300 e. The van der Waals surface area contributed by atoms with Gasteiger partial charge in [-0.05, 0) is 48.0 Å². The van der Waals surface area contributed by atoms with E-state index in [0.717, 1.165) is 5.56 Å². The third-order valence-electron chi connectivity index (χ3n) is 3.42. The second-order valence-corrected chi connectivity index (χ2v) is 6.71. The topological polar surface area (TPSA) is 84.6 Å². The summed E-state index contributed by atoms with van der Waals surface area (Å²) in [6.07, 6.45) is 1.59. The highest BCUT2D eigenvalue weighted by Crippen LogP contribution is 2.30. The maximum Gasteiger partial charge on any atom is 0.270 e. The minimum atomic E-state index is -0.474. The summed E-state index contributed by atoms with van der Waals surface area (Å²) in [5, 5.41) is 14.5. The Balaban J connectivity index is 1.84. The summed E-state index contributed by atoms with van der Waals surface area (Å²) in [6, 6.07) is 11.5. The molecule has 3 rings (SSSR count). The van der Waals surface area contributed by atoms with Gasteiger partial charge in [-0.25, -0.2) is 4.99 Å². The molecular weight excluding hydrogens is 362 g/mol. The molecule has 1 aliphatic heterocycles. The molecule has 0 saturated carbocycles. The Morgan fingerprint density at radius 2 is 2.08 bits per heavy atom. The summed E-state index contributed by atoms with van der Waals surface area (Å²) in [5.74, 6) is -0.298. The van der Waals surface area contributed by atoms with Gasteiger partial charge in [-0.1, -0.05) is 29.8 Å². The Hall–Kier alpha value is -2.64. The number of aryl methyl sites for hydroxylation is 1. The number of nitrogens with zero attached hydrogens (tertiary/aromatic N) is 2. The summed E-state index contributed by atoms with van der Waals surface area (Å²) in [7, 11) is 0. The number of benzene rings is 2. The van der Waals surface area contributed by atoms with Crippen LogP contribution in [-0.2, 0) is 4.79 Å². The smallest absolute Gasteiger partial charge is 0.270 e. The van der Waals surface area contributed by atoms with Gasteiger partial charge in [-0.2, -0.15) is 0 Å². The van der Waals surface area contributed by atoms with Crippen LogP contribution in [0.2, 0.25) is 5.02 Å². The summed E-state index contributed by atoms with van der Waals surface area (Å²) in [4.78, 5) is 27.2. The van der Waals surface area contributed by atoms with Crippen molar-refractivity contribution in [3.63, 3.8) is 0 Å². The quantitative estimate of drug-likeness (QED) is 0.489. The van der Waals surface area contributed by atoms with Crippen molar-refractivity contribution in [2.24, 2.45) is 4.99 Å². The van der Waals surface area contributed by atoms with Gasteiger partial charge in [0.2, 0.25) is 0 Å². The van der Waals surface area contributed by atoms with Crippen LogP contribution in [0, 0.1) is 17.0 Å². The number of non-ortho nitro benzene ring substituents is 1. The molecule has 126 valence electrons. The first kappa shape index (κ1) is 17.2. The number of nitro groups is 1. The third-order valence-corrected chi connectivity index (χ3v) is 4.73. The number of carbonyl (C=O) groups is 1. The summed E-state index contributed by atoms with van der Waals surface area (Å²) in [5.41, 5.74) is 2.13. The Bertz CT molecular complexity index is 940. The fourth-order valence-electron chi connectivity index (χ4n) is 2.13. The number of aliphatic imine (C=N–C) groups is 1. The Kier molecular flexibility index (Phi) is 4.87. The van der Waals surface area contributed by atoms with Gasteiger partial charge in [0.1, 0.15) is 0 Å². The maximum atomic E-state index is 12.1. The molecule has 8 heteroatoms. The van der Waals surface area contributed by atoms with Crippen LogP contribution in [0.5, 0.6) is 0 Å². The normalized spacial score (nSPS) is 17.1. The molecule has 0 atom stereocenters. The van der Waals surface area contributed by atoms with E-state index in [-0.39, 0.29) is 11.6 Å². The number of amides is 1. The minimum absolute atomic E-state index is 0.0269. The van der Waals surface area contributed by atoms with Crippen LogP contribution in [0.3, 0.4) is 0 Å². The van der Waals surface area contributed by atoms with E-state index in [1.54, 1.807) is 24.3 Å². The Morgan fingerprint density at radius 1 is 1.28 bits per heavy atom. The first-order chi connectivity index (χ1) is 11.9. The molecule has 0 radical (unpaired) electrons. The summed E-state index contributed by atoms with van der Waals surface area (Å²) in [6.45, 7) is 1.89. The molecule has 1 N–H and O–H groups in total. The van der Waals surface area contributed by atoms with E-state index in [0.29, 0.717) is 26.3 Å². The van der Waals surface area contributed by atoms with E-state index in [1.807, 2.05) is 19.1 Å². The van der Waals surface area contributed by atoms with Crippen LogP contribution < -0.4 is 5.32 Å².